The minimum Gasteiger partial charge on any atom is -0.374 e. The predicted molar refractivity (Wildman–Crippen MR) is 143 cm³/mol. The first kappa shape index (κ1) is 24.5. The van der Waals surface area contributed by atoms with Crippen molar-refractivity contribution in [3.8, 4) is 0 Å². The quantitative estimate of drug-likeness (QED) is 0.249. The fraction of sp³-hybridized carbons (Fsp3) is 0.333. The number of halogens is 2. The molecule has 0 aliphatic carbocycles. The number of ether oxygens (including phenoxy) is 2. The molecule has 1 fully saturated rings. The number of hydrogen-bond acceptors (Lipinski definition) is 3. The molecule has 0 N–H and O–H groups in total. The molecule has 2 nitrogen and oxygen atoms in total. The van der Waals surface area contributed by atoms with Crippen molar-refractivity contribution in [2.75, 3.05) is 6.61 Å². The van der Waals surface area contributed by atoms with Gasteiger partial charge in [0.1, 0.15) is 12.3 Å². The van der Waals surface area contributed by atoms with E-state index in [1.165, 1.54) is 15.0 Å². The molecule has 2 heterocycles. The molecule has 0 amide bonds. The maximum Gasteiger partial charge on any atom is 0.131 e. The van der Waals surface area contributed by atoms with Crippen molar-refractivity contribution in [1.29, 1.82) is 0 Å². The molecule has 0 saturated carbocycles. The van der Waals surface area contributed by atoms with Gasteiger partial charge in [0.15, 0.2) is 0 Å². The van der Waals surface area contributed by atoms with Gasteiger partial charge >= 0.3 is 0 Å². The maximum absolute atomic E-state index is 15.2. The Morgan fingerprint density at radius 1 is 0.943 bits per heavy atom. The van der Waals surface area contributed by atoms with Crippen LogP contribution in [-0.2, 0) is 22.5 Å². The number of fused-ring (bicyclic) bond motifs is 1. The van der Waals surface area contributed by atoms with Gasteiger partial charge in [-0.1, -0.05) is 86.1 Å². The molecule has 5 unspecified atom stereocenters. The smallest absolute Gasteiger partial charge is 0.131 e. The molecular formula is C30H30ClFO2S. The zero-order chi connectivity index (χ0) is 24.4. The van der Waals surface area contributed by atoms with E-state index < -0.39 is 12.3 Å². The van der Waals surface area contributed by atoms with Gasteiger partial charge in [-0.25, -0.2) is 4.39 Å². The Balaban J connectivity index is 1.32. The minimum absolute atomic E-state index is 0.0359. The standard InChI is InChI=1S/C30H30ClFO2S/c1-19-20(2)30(34-27(29(19)32)18-33-17-21-8-4-3-5-9-21)23-12-13-26(31)24(14-23)16-25-15-22-10-6-7-11-28(22)35-25/h3-15,19-20,27,29-30H,16-18H2,1-2H3. The number of benzene rings is 3. The van der Waals surface area contributed by atoms with Crippen LogP contribution in [0.3, 0.4) is 0 Å². The van der Waals surface area contributed by atoms with E-state index in [2.05, 4.69) is 43.3 Å². The van der Waals surface area contributed by atoms with E-state index in [0.717, 1.165) is 28.1 Å². The van der Waals surface area contributed by atoms with Crippen molar-refractivity contribution < 1.29 is 13.9 Å². The van der Waals surface area contributed by atoms with Crippen LogP contribution < -0.4 is 0 Å². The van der Waals surface area contributed by atoms with Gasteiger partial charge in [0.25, 0.3) is 0 Å². The minimum atomic E-state index is -1.07. The van der Waals surface area contributed by atoms with E-state index in [0.29, 0.717) is 6.61 Å². The highest BCUT2D eigenvalue weighted by atomic mass is 35.5. The first-order chi connectivity index (χ1) is 17.0. The zero-order valence-corrected chi connectivity index (χ0v) is 21.6. The van der Waals surface area contributed by atoms with Crippen LogP contribution in [0.2, 0.25) is 5.02 Å². The molecule has 1 aliphatic heterocycles. The van der Waals surface area contributed by atoms with Crippen LogP contribution in [0.5, 0.6) is 0 Å². The molecule has 35 heavy (non-hydrogen) atoms. The predicted octanol–water partition coefficient (Wildman–Crippen LogP) is 8.41. The van der Waals surface area contributed by atoms with Crippen molar-refractivity contribution in [2.45, 2.75) is 45.3 Å². The summed E-state index contributed by atoms with van der Waals surface area (Å²) in [6, 6.07) is 26.7. The Morgan fingerprint density at radius 2 is 1.71 bits per heavy atom. The van der Waals surface area contributed by atoms with Gasteiger partial charge in [-0.15, -0.1) is 11.3 Å². The SMILES string of the molecule is CC1C(c2ccc(Cl)c(Cc3cc4ccccc4s3)c2)OC(COCc2ccccc2)C(F)C1C. The van der Waals surface area contributed by atoms with Crippen molar-refractivity contribution >= 4 is 33.0 Å². The molecule has 0 bridgehead atoms. The number of alkyl halides is 1. The number of rotatable bonds is 7. The second kappa shape index (κ2) is 10.8. The van der Waals surface area contributed by atoms with E-state index in [4.69, 9.17) is 21.1 Å². The second-order valence-corrected chi connectivity index (χ2v) is 11.1. The highest BCUT2D eigenvalue weighted by Gasteiger charge is 2.42. The summed E-state index contributed by atoms with van der Waals surface area (Å²) in [6.07, 6.45) is -1.11. The summed E-state index contributed by atoms with van der Waals surface area (Å²) in [5, 5.41) is 2.00. The van der Waals surface area contributed by atoms with E-state index in [9.17, 15) is 0 Å². The summed E-state index contributed by atoms with van der Waals surface area (Å²) in [5.41, 5.74) is 3.18. The fourth-order valence-electron chi connectivity index (χ4n) is 4.89. The molecule has 1 saturated heterocycles. The topological polar surface area (TPSA) is 18.5 Å². The summed E-state index contributed by atoms with van der Waals surface area (Å²) in [6.45, 7) is 4.72. The second-order valence-electron chi connectivity index (χ2n) is 9.54. The van der Waals surface area contributed by atoms with Crippen LogP contribution >= 0.6 is 22.9 Å². The lowest BCUT2D eigenvalue weighted by Gasteiger charge is -2.42. The molecule has 0 radical (unpaired) electrons. The summed E-state index contributed by atoms with van der Waals surface area (Å²) in [4.78, 5) is 1.27. The molecule has 1 aromatic heterocycles. The Bertz CT molecular complexity index is 1240. The van der Waals surface area contributed by atoms with Crippen LogP contribution in [0.4, 0.5) is 4.39 Å². The van der Waals surface area contributed by atoms with E-state index in [1.54, 1.807) is 11.3 Å². The average molecular weight is 509 g/mol. The van der Waals surface area contributed by atoms with E-state index in [-0.39, 0.29) is 24.5 Å². The van der Waals surface area contributed by atoms with Gasteiger partial charge in [-0.05, 0) is 52.1 Å². The molecule has 182 valence electrons. The summed E-state index contributed by atoms with van der Waals surface area (Å²) in [5.74, 6) is -0.102. The Kier molecular flexibility index (Phi) is 7.54. The van der Waals surface area contributed by atoms with Crippen molar-refractivity contribution in [2.24, 2.45) is 11.8 Å². The van der Waals surface area contributed by atoms with Crippen LogP contribution in [0.25, 0.3) is 10.1 Å². The summed E-state index contributed by atoms with van der Waals surface area (Å²) >= 11 is 8.41. The van der Waals surface area contributed by atoms with Gasteiger partial charge in [0.05, 0.1) is 19.3 Å². The fourth-order valence-corrected chi connectivity index (χ4v) is 6.16. The normalized spacial score (nSPS) is 24.6. The number of thiophene rings is 1. The monoisotopic (exact) mass is 508 g/mol. The molecule has 0 spiro atoms. The Morgan fingerprint density at radius 3 is 2.51 bits per heavy atom. The van der Waals surface area contributed by atoms with Crippen LogP contribution in [0.15, 0.2) is 78.9 Å². The lowest BCUT2D eigenvalue weighted by Crippen LogP contribution is -2.45. The van der Waals surface area contributed by atoms with Crippen molar-refractivity contribution in [3.05, 3.63) is 105 Å². The zero-order valence-electron chi connectivity index (χ0n) is 20.0. The third kappa shape index (κ3) is 5.46. The molecule has 5 rings (SSSR count). The summed E-state index contributed by atoms with van der Waals surface area (Å²) in [7, 11) is 0. The molecular weight excluding hydrogens is 479 g/mol. The maximum atomic E-state index is 15.2. The first-order valence-electron chi connectivity index (χ1n) is 12.2. The lowest BCUT2D eigenvalue weighted by molar-refractivity contribution is -0.169. The molecule has 5 atom stereocenters. The third-order valence-corrected chi connectivity index (χ3v) is 8.60. The lowest BCUT2D eigenvalue weighted by atomic mass is 9.79. The van der Waals surface area contributed by atoms with Crippen LogP contribution in [0.1, 0.15) is 41.5 Å². The van der Waals surface area contributed by atoms with Gasteiger partial charge in [-0.3, -0.25) is 0 Å². The molecule has 3 aromatic carbocycles. The first-order valence-corrected chi connectivity index (χ1v) is 13.4. The van der Waals surface area contributed by atoms with E-state index in [1.807, 2.05) is 49.4 Å². The Labute approximate surface area is 215 Å². The molecule has 5 heteroatoms. The average Bonchev–Trinajstić information content (AvgIpc) is 3.28. The van der Waals surface area contributed by atoms with Gasteiger partial charge in [0, 0.05) is 21.0 Å². The Hall–Kier alpha value is -2.24. The van der Waals surface area contributed by atoms with Crippen molar-refractivity contribution in [1.82, 2.24) is 0 Å². The highest BCUT2D eigenvalue weighted by Crippen LogP contribution is 2.42. The van der Waals surface area contributed by atoms with Gasteiger partial charge in [-0.2, -0.15) is 0 Å². The highest BCUT2D eigenvalue weighted by molar-refractivity contribution is 7.19. The molecule has 1 aliphatic rings. The summed E-state index contributed by atoms with van der Waals surface area (Å²) < 4.78 is 28.7. The number of hydrogen-bond donors (Lipinski definition) is 0. The van der Waals surface area contributed by atoms with Crippen LogP contribution in [-0.4, -0.2) is 18.9 Å². The molecule has 4 aromatic rings. The van der Waals surface area contributed by atoms with Gasteiger partial charge in [0.2, 0.25) is 0 Å². The van der Waals surface area contributed by atoms with Crippen LogP contribution in [0, 0.1) is 11.8 Å². The van der Waals surface area contributed by atoms with Crippen molar-refractivity contribution in [3.63, 3.8) is 0 Å². The van der Waals surface area contributed by atoms with E-state index >= 15 is 4.39 Å². The third-order valence-electron chi connectivity index (χ3n) is 7.12. The van der Waals surface area contributed by atoms with Gasteiger partial charge < -0.3 is 9.47 Å². The largest absolute Gasteiger partial charge is 0.374 e.